The summed E-state index contributed by atoms with van der Waals surface area (Å²) in [7, 11) is 1.57. The summed E-state index contributed by atoms with van der Waals surface area (Å²) < 4.78 is 10.5. The molecule has 0 aromatic carbocycles. The van der Waals surface area contributed by atoms with Gasteiger partial charge in [0.25, 0.3) is 0 Å². The Balaban J connectivity index is 2.43. The zero-order valence-electron chi connectivity index (χ0n) is 12.5. The highest BCUT2D eigenvalue weighted by Gasteiger charge is 2.55. The molecule has 20 heavy (non-hydrogen) atoms. The van der Waals surface area contributed by atoms with E-state index >= 15 is 0 Å². The van der Waals surface area contributed by atoms with Crippen molar-refractivity contribution in [3.05, 3.63) is 23.8 Å². The second-order valence-electron chi connectivity index (χ2n) is 6.05. The van der Waals surface area contributed by atoms with E-state index in [1.807, 2.05) is 26.0 Å². The number of fused-ring (bicyclic) bond motifs is 1. The van der Waals surface area contributed by atoms with E-state index in [1.165, 1.54) is 0 Å². The van der Waals surface area contributed by atoms with Crippen molar-refractivity contribution in [3.63, 3.8) is 0 Å². The van der Waals surface area contributed by atoms with Crippen molar-refractivity contribution in [3.8, 4) is 0 Å². The van der Waals surface area contributed by atoms with Crippen molar-refractivity contribution in [2.24, 2.45) is 22.7 Å². The minimum atomic E-state index is -0.797. The van der Waals surface area contributed by atoms with Gasteiger partial charge in [-0.2, -0.15) is 0 Å². The van der Waals surface area contributed by atoms with Crippen molar-refractivity contribution in [2.45, 2.75) is 20.8 Å². The zero-order valence-corrected chi connectivity index (χ0v) is 12.5. The summed E-state index contributed by atoms with van der Waals surface area (Å²) in [6.07, 6.45) is 6.47. The van der Waals surface area contributed by atoms with Crippen molar-refractivity contribution in [2.75, 3.05) is 20.5 Å². The van der Waals surface area contributed by atoms with Gasteiger partial charge in [-0.3, -0.25) is 4.79 Å². The molecule has 0 heterocycles. The van der Waals surface area contributed by atoms with Crippen LogP contribution in [0.4, 0.5) is 0 Å². The Labute approximate surface area is 119 Å². The van der Waals surface area contributed by atoms with Crippen LogP contribution in [0.3, 0.4) is 0 Å². The van der Waals surface area contributed by atoms with Gasteiger partial charge >= 0.3 is 0 Å². The molecular weight excluding hydrogens is 256 g/mol. The van der Waals surface area contributed by atoms with E-state index in [-0.39, 0.29) is 29.8 Å². The van der Waals surface area contributed by atoms with Crippen molar-refractivity contribution in [1.82, 2.24) is 0 Å². The van der Waals surface area contributed by atoms with E-state index < -0.39 is 5.41 Å². The normalized spacial score (nSPS) is 39.6. The first-order chi connectivity index (χ1) is 9.42. The maximum Gasteiger partial charge on any atom is 0.160 e. The van der Waals surface area contributed by atoms with Gasteiger partial charge in [0.2, 0.25) is 0 Å². The highest BCUT2D eigenvalue weighted by atomic mass is 16.7. The van der Waals surface area contributed by atoms with E-state index in [1.54, 1.807) is 13.2 Å². The molecule has 110 valence electrons. The number of methoxy groups -OCH3 is 1. The molecule has 4 nitrogen and oxygen atoms in total. The van der Waals surface area contributed by atoms with Crippen LogP contribution in [0, 0.1) is 22.7 Å². The van der Waals surface area contributed by atoms with Crippen molar-refractivity contribution in [1.29, 1.82) is 0 Å². The first-order valence-electron chi connectivity index (χ1n) is 6.91. The Kier molecular flexibility index (Phi) is 3.98. The van der Waals surface area contributed by atoms with Gasteiger partial charge in [-0.1, -0.05) is 32.9 Å². The summed E-state index contributed by atoms with van der Waals surface area (Å²) in [6, 6.07) is 0. The van der Waals surface area contributed by atoms with Gasteiger partial charge in [-0.15, -0.1) is 0 Å². The Morgan fingerprint density at radius 3 is 2.70 bits per heavy atom. The van der Waals surface area contributed by atoms with Gasteiger partial charge in [0.15, 0.2) is 5.78 Å². The third kappa shape index (κ3) is 1.98. The number of carbonyl (C=O) groups excluding carboxylic acids is 2. The van der Waals surface area contributed by atoms with Crippen LogP contribution in [0.15, 0.2) is 23.8 Å². The van der Waals surface area contributed by atoms with Crippen LogP contribution in [0.1, 0.15) is 20.8 Å². The Bertz CT molecular complexity index is 479. The smallest absolute Gasteiger partial charge is 0.160 e. The number of hydrogen-bond donors (Lipinski definition) is 0. The molecule has 0 radical (unpaired) electrons. The molecule has 4 heteroatoms. The summed E-state index contributed by atoms with van der Waals surface area (Å²) in [5, 5.41) is 0. The number of ether oxygens (including phenoxy) is 2. The fourth-order valence-electron chi connectivity index (χ4n) is 3.27. The lowest BCUT2D eigenvalue weighted by molar-refractivity contribution is -0.124. The molecule has 2 aliphatic rings. The summed E-state index contributed by atoms with van der Waals surface area (Å²) in [5.74, 6) is -0.124. The summed E-state index contributed by atoms with van der Waals surface area (Å²) in [6.45, 7) is 6.57. The molecule has 2 aliphatic carbocycles. The minimum absolute atomic E-state index is 0.0174. The molecule has 0 spiro atoms. The topological polar surface area (TPSA) is 52.6 Å². The summed E-state index contributed by atoms with van der Waals surface area (Å²) >= 11 is 0. The molecular formula is C16H22O4. The lowest BCUT2D eigenvalue weighted by Crippen LogP contribution is -2.44. The largest absolute Gasteiger partial charge is 0.359 e. The third-order valence-electron chi connectivity index (χ3n) is 4.98. The molecule has 0 N–H and O–H groups in total. The van der Waals surface area contributed by atoms with Gasteiger partial charge < -0.3 is 14.3 Å². The van der Waals surface area contributed by atoms with Crippen LogP contribution < -0.4 is 0 Å². The molecule has 0 bridgehead atoms. The minimum Gasteiger partial charge on any atom is -0.359 e. The van der Waals surface area contributed by atoms with Gasteiger partial charge in [-0.25, -0.2) is 0 Å². The van der Waals surface area contributed by atoms with Gasteiger partial charge in [0.05, 0.1) is 12.0 Å². The van der Waals surface area contributed by atoms with E-state index in [4.69, 9.17) is 9.47 Å². The van der Waals surface area contributed by atoms with Gasteiger partial charge in [0, 0.05) is 18.4 Å². The number of allylic oxidation sites excluding steroid dienone is 3. The number of carbonyl (C=O) groups is 2. The molecule has 0 saturated heterocycles. The fraction of sp³-hybridized carbons (Fsp3) is 0.625. The fourth-order valence-corrected chi connectivity index (χ4v) is 3.27. The van der Waals surface area contributed by atoms with E-state index in [9.17, 15) is 9.59 Å². The first-order valence-corrected chi connectivity index (χ1v) is 6.91. The monoisotopic (exact) mass is 278 g/mol. The van der Waals surface area contributed by atoms with E-state index in [0.717, 1.165) is 11.9 Å². The number of hydrogen-bond acceptors (Lipinski definition) is 4. The Hall–Kier alpha value is -1.26. The second-order valence-corrected chi connectivity index (χ2v) is 6.05. The Morgan fingerprint density at radius 2 is 2.10 bits per heavy atom. The van der Waals surface area contributed by atoms with E-state index in [2.05, 4.69) is 6.92 Å². The van der Waals surface area contributed by atoms with Crippen LogP contribution >= 0.6 is 0 Å². The maximum absolute atomic E-state index is 12.1. The predicted octanol–water partition coefficient (Wildman–Crippen LogP) is 2.15. The second kappa shape index (κ2) is 5.26. The summed E-state index contributed by atoms with van der Waals surface area (Å²) in [5.41, 5.74) is -0.285. The average molecular weight is 278 g/mol. The standard InChI is InChI=1S/C16H22O4/c1-11-5-6-16(8-17)12(2)13(18)7-14(16)15(11,3)9-20-10-19-4/h5-8,11-12H,9-10H2,1-4H3/t11-,12+,15-,16-/m0/s1. The molecule has 0 aromatic rings. The van der Waals surface area contributed by atoms with Crippen LogP contribution in [0.25, 0.3) is 0 Å². The highest BCUT2D eigenvalue weighted by Crippen LogP contribution is 2.55. The molecule has 0 aromatic heterocycles. The molecule has 0 fully saturated rings. The van der Waals surface area contributed by atoms with E-state index in [0.29, 0.717) is 6.61 Å². The average Bonchev–Trinajstić information content (AvgIpc) is 2.70. The van der Waals surface area contributed by atoms with Crippen molar-refractivity contribution >= 4 is 12.1 Å². The lowest BCUT2D eigenvalue weighted by Gasteiger charge is -2.45. The third-order valence-corrected chi connectivity index (χ3v) is 4.98. The molecule has 0 unspecified atom stereocenters. The van der Waals surface area contributed by atoms with Gasteiger partial charge in [0.1, 0.15) is 13.1 Å². The number of aldehydes is 1. The predicted molar refractivity (Wildman–Crippen MR) is 75.0 cm³/mol. The first kappa shape index (κ1) is 15.1. The maximum atomic E-state index is 12.1. The lowest BCUT2D eigenvalue weighted by atomic mass is 9.58. The number of rotatable bonds is 5. The summed E-state index contributed by atoms with van der Waals surface area (Å²) in [4.78, 5) is 23.8. The van der Waals surface area contributed by atoms with Crippen LogP contribution in [0.5, 0.6) is 0 Å². The zero-order chi connectivity index (χ0) is 15.0. The van der Waals surface area contributed by atoms with Gasteiger partial charge in [-0.05, 0) is 17.6 Å². The van der Waals surface area contributed by atoms with Crippen LogP contribution in [-0.4, -0.2) is 32.6 Å². The molecule has 4 atom stereocenters. The molecule has 0 aliphatic heterocycles. The quantitative estimate of drug-likeness (QED) is 0.335. The molecule has 2 rings (SSSR count). The molecule has 0 amide bonds. The highest BCUT2D eigenvalue weighted by molar-refractivity contribution is 6.01. The van der Waals surface area contributed by atoms with Crippen LogP contribution in [0.2, 0.25) is 0 Å². The SMILES string of the molecule is COCOC[C@]1(C)C2=CC(=O)[C@@H](C)[C@@]2(C=O)C=C[C@@H]1C. The van der Waals surface area contributed by atoms with Crippen molar-refractivity contribution < 1.29 is 19.1 Å². The molecule has 0 saturated carbocycles. The Morgan fingerprint density at radius 1 is 1.40 bits per heavy atom. The number of ketones is 1. The van der Waals surface area contributed by atoms with Crippen LogP contribution in [-0.2, 0) is 19.1 Å².